The van der Waals surface area contributed by atoms with Crippen molar-refractivity contribution in [2.45, 2.75) is 39.4 Å². The van der Waals surface area contributed by atoms with Gasteiger partial charge in [0.2, 0.25) is 5.91 Å². The molecule has 27 heavy (non-hydrogen) atoms. The number of hydrogen-bond acceptors (Lipinski definition) is 3. The van der Waals surface area contributed by atoms with Gasteiger partial charge in [-0.05, 0) is 37.1 Å². The molecule has 1 saturated heterocycles. The minimum atomic E-state index is -4.60. The van der Waals surface area contributed by atoms with Gasteiger partial charge in [-0.2, -0.15) is 13.2 Å². The second-order valence-electron chi connectivity index (χ2n) is 7.44. The predicted octanol–water partition coefficient (Wildman–Crippen LogP) is 4.61. The lowest BCUT2D eigenvalue weighted by atomic mass is 9.92. The first-order chi connectivity index (χ1) is 12.6. The maximum Gasteiger partial charge on any atom is 0.410 e. The summed E-state index contributed by atoms with van der Waals surface area (Å²) in [5.74, 6) is -0.232. The molecule has 1 atom stereocenters. The van der Waals surface area contributed by atoms with Gasteiger partial charge in [-0.25, -0.2) is 5.01 Å². The normalized spacial score (nSPS) is 18.5. The number of nitrogens with zero attached hydrogens (tertiary/aromatic N) is 1. The van der Waals surface area contributed by atoms with Gasteiger partial charge in [0.1, 0.15) is 5.75 Å². The number of ether oxygens (including phenoxy) is 1. The van der Waals surface area contributed by atoms with Crippen molar-refractivity contribution in [2.24, 2.45) is 5.41 Å². The number of benzene rings is 2. The molecule has 0 bridgehead atoms. The van der Waals surface area contributed by atoms with Crippen LogP contribution in [0.3, 0.4) is 0 Å². The Morgan fingerprint density at radius 1 is 1.22 bits per heavy atom. The van der Waals surface area contributed by atoms with E-state index in [0.29, 0.717) is 23.8 Å². The molecule has 1 N–H and O–H groups in total. The molecule has 3 rings (SSSR count). The molecule has 4 nitrogen and oxygen atoms in total. The summed E-state index contributed by atoms with van der Waals surface area (Å²) in [7, 11) is 0. The molecule has 7 heteroatoms. The molecule has 0 unspecified atom stereocenters. The molecule has 0 radical (unpaired) electrons. The van der Waals surface area contributed by atoms with Crippen molar-refractivity contribution in [2.75, 3.05) is 13.2 Å². The van der Waals surface area contributed by atoms with Gasteiger partial charge < -0.3 is 4.74 Å². The number of hydrazine groups is 1. The molecule has 0 spiro atoms. The fourth-order valence-electron chi connectivity index (χ4n) is 3.37. The quantitative estimate of drug-likeness (QED) is 0.824. The SMILES string of the molecule is CCCOc1ccc2ccccc2c1[C@H](N1CC(C)(C)C(=O)N1)C(F)(F)F. The van der Waals surface area contributed by atoms with Crippen molar-refractivity contribution in [3.05, 3.63) is 42.0 Å². The molecule has 1 aliphatic heterocycles. The van der Waals surface area contributed by atoms with E-state index in [2.05, 4.69) is 5.43 Å². The third kappa shape index (κ3) is 3.74. The summed E-state index contributed by atoms with van der Waals surface area (Å²) in [4.78, 5) is 12.1. The number of fused-ring (bicyclic) bond motifs is 1. The Balaban J connectivity index is 2.19. The summed E-state index contributed by atoms with van der Waals surface area (Å²) in [6.45, 7) is 5.42. The van der Waals surface area contributed by atoms with E-state index < -0.39 is 23.5 Å². The monoisotopic (exact) mass is 380 g/mol. The minimum Gasteiger partial charge on any atom is -0.493 e. The van der Waals surface area contributed by atoms with Crippen LogP contribution in [0, 0.1) is 5.41 Å². The molecular formula is C20H23F3N2O2. The van der Waals surface area contributed by atoms with Crippen molar-refractivity contribution >= 4 is 16.7 Å². The standard InChI is InChI=1S/C20H23F3N2O2/c1-4-11-27-15-10-9-13-7-5-6-8-14(13)16(15)17(20(21,22)23)25-12-19(2,3)18(26)24-25/h5-10,17H,4,11-12H2,1-3H3,(H,24,26)/t17-/m0/s1. The molecule has 1 amide bonds. The zero-order chi connectivity index (χ0) is 19.8. The Labute approximate surface area is 156 Å². The molecule has 146 valence electrons. The smallest absolute Gasteiger partial charge is 0.410 e. The van der Waals surface area contributed by atoms with Gasteiger partial charge in [0.25, 0.3) is 0 Å². The zero-order valence-corrected chi connectivity index (χ0v) is 15.6. The Morgan fingerprint density at radius 3 is 2.52 bits per heavy atom. The average Bonchev–Trinajstić information content (AvgIpc) is 2.85. The molecule has 1 fully saturated rings. The lowest BCUT2D eigenvalue weighted by Gasteiger charge is -2.32. The van der Waals surface area contributed by atoms with Crippen LogP contribution >= 0.6 is 0 Å². The van der Waals surface area contributed by atoms with Crippen LogP contribution in [0.2, 0.25) is 0 Å². The van der Waals surface area contributed by atoms with Gasteiger partial charge in [-0.15, -0.1) is 0 Å². The Hall–Kier alpha value is -2.28. The summed E-state index contributed by atoms with van der Waals surface area (Å²) < 4.78 is 48.3. The van der Waals surface area contributed by atoms with Gasteiger partial charge in [0.05, 0.1) is 12.0 Å². The fourth-order valence-corrected chi connectivity index (χ4v) is 3.37. The third-order valence-electron chi connectivity index (χ3n) is 4.71. The van der Waals surface area contributed by atoms with Crippen molar-refractivity contribution in [3.8, 4) is 5.75 Å². The number of carbonyl (C=O) groups is 1. The number of carbonyl (C=O) groups excluding carboxylic acids is 1. The van der Waals surface area contributed by atoms with Gasteiger partial charge in [-0.1, -0.05) is 37.3 Å². The van der Waals surface area contributed by atoms with Crippen LogP contribution in [-0.2, 0) is 4.79 Å². The molecule has 2 aromatic carbocycles. The van der Waals surface area contributed by atoms with Gasteiger partial charge in [-0.3, -0.25) is 10.2 Å². The van der Waals surface area contributed by atoms with Crippen LogP contribution < -0.4 is 10.2 Å². The number of halogens is 3. The highest BCUT2D eigenvalue weighted by Crippen LogP contribution is 2.46. The largest absolute Gasteiger partial charge is 0.493 e. The third-order valence-corrected chi connectivity index (χ3v) is 4.71. The molecule has 1 heterocycles. The maximum absolute atomic E-state index is 14.2. The first-order valence-corrected chi connectivity index (χ1v) is 8.94. The molecule has 0 aromatic heterocycles. The number of alkyl halides is 3. The number of nitrogens with one attached hydrogen (secondary N) is 1. The lowest BCUT2D eigenvalue weighted by molar-refractivity contribution is -0.191. The summed E-state index contributed by atoms with van der Waals surface area (Å²) in [6, 6.07) is 8.24. The summed E-state index contributed by atoms with van der Waals surface area (Å²) in [6.07, 6.45) is -3.92. The van der Waals surface area contributed by atoms with Crippen molar-refractivity contribution in [1.29, 1.82) is 0 Å². The van der Waals surface area contributed by atoms with E-state index in [1.807, 2.05) is 6.92 Å². The second-order valence-corrected chi connectivity index (χ2v) is 7.44. The van der Waals surface area contributed by atoms with E-state index >= 15 is 0 Å². The van der Waals surface area contributed by atoms with E-state index in [9.17, 15) is 18.0 Å². The van der Waals surface area contributed by atoms with Crippen LogP contribution in [0.4, 0.5) is 13.2 Å². The number of rotatable bonds is 5. The lowest BCUT2D eigenvalue weighted by Crippen LogP contribution is -2.43. The summed E-state index contributed by atoms with van der Waals surface area (Å²) >= 11 is 0. The molecule has 0 aliphatic carbocycles. The van der Waals surface area contributed by atoms with Crippen molar-refractivity contribution in [3.63, 3.8) is 0 Å². The molecule has 0 saturated carbocycles. The van der Waals surface area contributed by atoms with Crippen molar-refractivity contribution in [1.82, 2.24) is 10.4 Å². The predicted molar refractivity (Wildman–Crippen MR) is 97.2 cm³/mol. The fraction of sp³-hybridized carbons (Fsp3) is 0.450. The second kappa shape index (κ2) is 7.03. The highest BCUT2D eigenvalue weighted by atomic mass is 19.4. The van der Waals surface area contributed by atoms with E-state index in [-0.39, 0.29) is 17.9 Å². The minimum absolute atomic E-state index is 0.0343. The van der Waals surface area contributed by atoms with Crippen LogP contribution in [-0.4, -0.2) is 30.2 Å². The highest BCUT2D eigenvalue weighted by Gasteiger charge is 2.52. The first kappa shape index (κ1) is 19.5. The number of amides is 1. The van der Waals surface area contributed by atoms with Gasteiger partial charge >= 0.3 is 6.18 Å². The van der Waals surface area contributed by atoms with Gasteiger partial charge in [0, 0.05) is 12.1 Å². The highest BCUT2D eigenvalue weighted by molar-refractivity contribution is 5.89. The van der Waals surface area contributed by atoms with Crippen LogP contribution in [0.15, 0.2) is 36.4 Å². The first-order valence-electron chi connectivity index (χ1n) is 8.94. The van der Waals surface area contributed by atoms with Crippen LogP contribution in [0.5, 0.6) is 5.75 Å². The number of hydrogen-bond donors (Lipinski definition) is 1. The maximum atomic E-state index is 14.2. The Kier molecular flexibility index (Phi) is 5.08. The van der Waals surface area contributed by atoms with Crippen molar-refractivity contribution < 1.29 is 22.7 Å². The molecule has 1 aliphatic rings. The van der Waals surface area contributed by atoms with E-state index in [1.165, 1.54) is 0 Å². The van der Waals surface area contributed by atoms with E-state index in [1.54, 1.807) is 50.2 Å². The molecule has 2 aromatic rings. The van der Waals surface area contributed by atoms with Gasteiger partial charge in [0.15, 0.2) is 6.04 Å². The summed E-state index contributed by atoms with van der Waals surface area (Å²) in [5, 5.41) is 2.14. The van der Waals surface area contributed by atoms with E-state index in [4.69, 9.17) is 4.74 Å². The Morgan fingerprint density at radius 2 is 1.93 bits per heavy atom. The topological polar surface area (TPSA) is 41.6 Å². The van der Waals surface area contributed by atoms with Crippen LogP contribution in [0.25, 0.3) is 10.8 Å². The summed E-state index contributed by atoms with van der Waals surface area (Å²) in [5.41, 5.74) is 1.55. The zero-order valence-electron chi connectivity index (χ0n) is 15.6. The van der Waals surface area contributed by atoms with E-state index in [0.717, 1.165) is 5.01 Å². The Bertz CT molecular complexity index is 849. The molecular weight excluding hydrogens is 357 g/mol. The van der Waals surface area contributed by atoms with Crippen LogP contribution in [0.1, 0.15) is 38.8 Å². The average molecular weight is 380 g/mol.